The van der Waals surface area contributed by atoms with E-state index >= 15 is 0 Å². The van der Waals surface area contributed by atoms with Crippen LogP contribution in [0.25, 0.3) is 0 Å². The lowest BCUT2D eigenvalue weighted by Crippen LogP contribution is -2.52. The zero-order chi connectivity index (χ0) is 25.8. The largest absolute Gasteiger partial charge is 0.468 e. The molecule has 0 bridgehead atoms. The Morgan fingerprint density at radius 2 is 1.47 bits per heavy atom. The van der Waals surface area contributed by atoms with Gasteiger partial charge in [-0.3, -0.25) is 19.7 Å². The molecule has 2 aliphatic rings. The van der Waals surface area contributed by atoms with E-state index in [1.165, 1.54) is 73.8 Å². The van der Waals surface area contributed by atoms with Gasteiger partial charge in [0.25, 0.3) is 0 Å². The molecule has 3 atom stereocenters. The number of imide groups is 1. The summed E-state index contributed by atoms with van der Waals surface area (Å²) in [5, 5.41) is 3.52. The smallest absolute Gasteiger partial charge is 0.323 e. The lowest BCUT2D eigenvalue weighted by atomic mass is 9.71. The number of hydrogen-bond donors (Lipinski definition) is 1. The van der Waals surface area contributed by atoms with Gasteiger partial charge >= 0.3 is 5.97 Å². The highest BCUT2D eigenvalue weighted by Crippen LogP contribution is 2.53. The van der Waals surface area contributed by atoms with Crippen LogP contribution in [0, 0.1) is 23.5 Å². The molecule has 10 heteroatoms. The SMILES string of the molecule is COC(=O)[C@@H]1NC(c2ccc(F)cc2)(c2ccc(F)cc2)[C@@H]2C(=O)N(c3ccc(Cl)cc3Cl)C(=O)[C@@H]21. The molecule has 0 aliphatic carbocycles. The zero-order valence-electron chi connectivity index (χ0n) is 18.7. The van der Waals surface area contributed by atoms with Crippen molar-refractivity contribution in [2.45, 2.75) is 11.6 Å². The predicted octanol–water partition coefficient (Wildman–Crippen LogP) is 4.47. The molecule has 3 aromatic rings. The second-order valence-corrected chi connectivity index (χ2v) is 9.42. The van der Waals surface area contributed by atoms with Crippen LogP contribution in [0.4, 0.5) is 14.5 Å². The molecule has 0 saturated carbocycles. The molecule has 5 rings (SSSR count). The number of benzene rings is 3. The van der Waals surface area contributed by atoms with Gasteiger partial charge in [-0.25, -0.2) is 13.7 Å². The molecule has 2 heterocycles. The minimum atomic E-state index is -1.49. The maximum Gasteiger partial charge on any atom is 0.323 e. The normalized spacial score (nSPS) is 22.6. The number of carbonyl (C=O) groups is 3. The molecule has 3 aromatic carbocycles. The Labute approximate surface area is 214 Å². The van der Waals surface area contributed by atoms with E-state index in [0.29, 0.717) is 16.1 Å². The van der Waals surface area contributed by atoms with Crippen molar-refractivity contribution in [3.8, 4) is 0 Å². The second-order valence-electron chi connectivity index (χ2n) is 8.58. The first kappa shape index (κ1) is 24.4. The van der Waals surface area contributed by atoms with Gasteiger partial charge in [0.05, 0.1) is 35.2 Å². The van der Waals surface area contributed by atoms with Gasteiger partial charge in [0.1, 0.15) is 17.7 Å². The fourth-order valence-corrected chi connectivity index (χ4v) is 5.75. The van der Waals surface area contributed by atoms with Crippen molar-refractivity contribution >= 4 is 46.7 Å². The van der Waals surface area contributed by atoms with Gasteiger partial charge in [0.15, 0.2) is 0 Å². The van der Waals surface area contributed by atoms with Crippen LogP contribution < -0.4 is 10.2 Å². The van der Waals surface area contributed by atoms with Gasteiger partial charge in [-0.1, -0.05) is 47.5 Å². The van der Waals surface area contributed by atoms with Crippen molar-refractivity contribution in [2.75, 3.05) is 12.0 Å². The number of methoxy groups -OCH3 is 1. The number of nitrogens with one attached hydrogen (secondary N) is 1. The van der Waals surface area contributed by atoms with E-state index in [-0.39, 0.29) is 10.7 Å². The molecule has 0 spiro atoms. The molecule has 2 fully saturated rings. The van der Waals surface area contributed by atoms with Crippen LogP contribution in [-0.2, 0) is 24.7 Å². The summed E-state index contributed by atoms with van der Waals surface area (Å²) in [5.41, 5.74) is -0.573. The van der Waals surface area contributed by atoms with Crippen molar-refractivity contribution in [3.63, 3.8) is 0 Å². The lowest BCUT2D eigenvalue weighted by molar-refractivity contribution is -0.145. The highest BCUT2D eigenvalue weighted by molar-refractivity contribution is 6.38. The number of nitrogens with zero attached hydrogens (tertiary/aromatic N) is 1. The Hall–Kier alpha value is -3.33. The number of amides is 2. The highest BCUT2D eigenvalue weighted by Gasteiger charge is 2.68. The van der Waals surface area contributed by atoms with Crippen molar-refractivity contribution < 1.29 is 27.9 Å². The third kappa shape index (κ3) is 3.59. The number of ether oxygens (including phenoxy) is 1. The molecule has 6 nitrogen and oxygen atoms in total. The fraction of sp³-hybridized carbons (Fsp3) is 0.192. The standard InChI is InChI=1S/C26H18Cl2F2N2O4/c1-36-25(35)22-20-21(24(34)32(23(20)33)19-11-6-15(27)12-18(19)28)26(31-22,13-2-7-16(29)8-3-13)14-4-9-17(30)10-5-14/h2-12,20-22,31H,1H3/t20-,21-,22+/m0/s1. The Bertz CT molecular complexity index is 1340. The average Bonchev–Trinajstić information content (AvgIpc) is 3.34. The Balaban J connectivity index is 1.76. The molecule has 1 N–H and O–H groups in total. The fourth-order valence-electron chi connectivity index (χ4n) is 5.26. The number of hydrogen-bond acceptors (Lipinski definition) is 5. The first-order valence-electron chi connectivity index (χ1n) is 10.9. The van der Waals surface area contributed by atoms with Gasteiger partial charge in [-0.05, 0) is 53.6 Å². The van der Waals surface area contributed by atoms with Crippen LogP contribution in [-0.4, -0.2) is 30.9 Å². The summed E-state index contributed by atoms with van der Waals surface area (Å²) in [6.45, 7) is 0. The third-order valence-electron chi connectivity index (χ3n) is 6.76. The summed E-state index contributed by atoms with van der Waals surface area (Å²) in [5.74, 6) is -5.46. The van der Waals surface area contributed by atoms with Gasteiger partial charge < -0.3 is 4.74 Å². The Morgan fingerprint density at radius 3 is 1.97 bits per heavy atom. The van der Waals surface area contributed by atoms with Crippen molar-refractivity contribution in [2.24, 2.45) is 11.8 Å². The van der Waals surface area contributed by atoms with E-state index in [0.717, 1.165) is 4.90 Å². The van der Waals surface area contributed by atoms with Crippen LogP contribution >= 0.6 is 23.2 Å². The Kier molecular flexibility index (Phi) is 6.06. The second kappa shape index (κ2) is 8.96. The average molecular weight is 531 g/mol. The molecule has 184 valence electrons. The predicted molar refractivity (Wildman–Crippen MR) is 128 cm³/mol. The molecule has 2 aliphatic heterocycles. The summed E-state index contributed by atoms with van der Waals surface area (Å²) in [4.78, 5) is 41.7. The molecule has 0 aromatic heterocycles. The molecular formula is C26H18Cl2F2N2O4. The van der Waals surface area contributed by atoms with Crippen molar-refractivity contribution in [1.82, 2.24) is 5.32 Å². The van der Waals surface area contributed by atoms with Gasteiger partial charge in [0, 0.05) is 5.02 Å². The molecule has 0 unspecified atom stereocenters. The number of carbonyl (C=O) groups excluding carboxylic acids is 3. The molecule has 36 heavy (non-hydrogen) atoms. The van der Waals surface area contributed by atoms with E-state index in [1.807, 2.05) is 0 Å². The zero-order valence-corrected chi connectivity index (χ0v) is 20.2. The number of anilines is 1. The summed E-state index contributed by atoms with van der Waals surface area (Å²) in [6, 6.07) is 13.7. The maximum atomic E-state index is 14.1. The number of halogens is 4. The van der Waals surface area contributed by atoms with Crippen LogP contribution in [0.2, 0.25) is 10.0 Å². The summed E-state index contributed by atoms with van der Waals surface area (Å²) in [7, 11) is 1.17. The first-order chi connectivity index (χ1) is 17.2. The number of esters is 1. The minimum absolute atomic E-state index is 0.0703. The molecule has 0 radical (unpaired) electrons. The molecule has 2 amide bonds. The Morgan fingerprint density at radius 1 is 0.917 bits per heavy atom. The molecule has 2 saturated heterocycles. The van der Waals surface area contributed by atoms with Gasteiger partial charge in [-0.2, -0.15) is 0 Å². The van der Waals surface area contributed by atoms with Crippen LogP contribution in [0.15, 0.2) is 66.7 Å². The summed E-state index contributed by atoms with van der Waals surface area (Å²) in [6.07, 6.45) is 0. The van der Waals surface area contributed by atoms with Crippen LogP contribution in [0.1, 0.15) is 11.1 Å². The van der Waals surface area contributed by atoms with Crippen molar-refractivity contribution in [3.05, 3.63) is 99.5 Å². The van der Waals surface area contributed by atoms with E-state index < -0.39 is 52.8 Å². The van der Waals surface area contributed by atoms with Crippen molar-refractivity contribution in [1.29, 1.82) is 0 Å². The first-order valence-corrected chi connectivity index (χ1v) is 11.6. The summed E-state index contributed by atoms with van der Waals surface area (Å²) >= 11 is 12.3. The number of fused-ring (bicyclic) bond motifs is 1. The van der Waals surface area contributed by atoms with E-state index in [4.69, 9.17) is 27.9 Å². The molecular weight excluding hydrogens is 513 g/mol. The van der Waals surface area contributed by atoms with Crippen LogP contribution in [0.5, 0.6) is 0 Å². The minimum Gasteiger partial charge on any atom is -0.468 e. The third-order valence-corrected chi connectivity index (χ3v) is 7.30. The number of rotatable bonds is 4. The quantitative estimate of drug-likeness (QED) is 0.398. The van der Waals surface area contributed by atoms with E-state index in [2.05, 4.69) is 5.32 Å². The lowest BCUT2D eigenvalue weighted by Gasteiger charge is -2.36. The summed E-state index contributed by atoms with van der Waals surface area (Å²) < 4.78 is 32.7. The van der Waals surface area contributed by atoms with Gasteiger partial charge in [-0.15, -0.1) is 0 Å². The van der Waals surface area contributed by atoms with Gasteiger partial charge in [0.2, 0.25) is 11.8 Å². The monoisotopic (exact) mass is 530 g/mol. The highest BCUT2D eigenvalue weighted by atomic mass is 35.5. The maximum absolute atomic E-state index is 14.1. The van der Waals surface area contributed by atoms with E-state index in [1.54, 1.807) is 0 Å². The van der Waals surface area contributed by atoms with Crippen LogP contribution in [0.3, 0.4) is 0 Å². The van der Waals surface area contributed by atoms with E-state index in [9.17, 15) is 23.2 Å². The topological polar surface area (TPSA) is 75.7 Å².